The number of carbonyl (C=O) groups excluding carboxylic acids is 1. The average Bonchev–Trinajstić information content (AvgIpc) is 2.25. The van der Waals surface area contributed by atoms with Crippen LogP contribution >= 0.6 is 31.9 Å². The number of amides is 1. The molecule has 2 unspecified atom stereocenters. The summed E-state index contributed by atoms with van der Waals surface area (Å²) in [4.78, 5) is 11.8. The highest BCUT2D eigenvalue weighted by Gasteiger charge is 2.12. The van der Waals surface area contributed by atoms with E-state index in [1.54, 1.807) is 18.4 Å². The van der Waals surface area contributed by atoms with Crippen molar-refractivity contribution in [1.82, 2.24) is 5.32 Å². The minimum Gasteiger partial charge on any atom is -0.351 e. The molecule has 1 amide bonds. The summed E-state index contributed by atoms with van der Waals surface area (Å²) in [7, 11) is -0.926. The third-order valence-corrected chi connectivity index (χ3v) is 4.74. The van der Waals surface area contributed by atoms with E-state index in [-0.39, 0.29) is 11.2 Å². The van der Waals surface area contributed by atoms with E-state index < -0.39 is 10.8 Å². The lowest BCUT2D eigenvalue weighted by molar-refractivity contribution is 0.0953. The highest BCUT2D eigenvalue weighted by Crippen LogP contribution is 2.21. The predicted octanol–water partition coefficient (Wildman–Crippen LogP) is 2.71. The predicted molar refractivity (Wildman–Crippen MR) is 77.7 cm³/mol. The molecule has 94 valence electrons. The molecule has 1 aromatic carbocycles. The van der Waals surface area contributed by atoms with E-state index in [0.29, 0.717) is 12.1 Å². The number of carbonyl (C=O) groups is 1. The third-order valence-electron chi connectivity index (χ3n) is 2.29. The molecule has 0 saturated carbocycles. The largest absolute Gasteiger partial charge is 0.351 e. The Morgan fingerprint density at radius 3 is 2.65 bits per heavy atom. The Hall–Kier alpha value is -0.200. The van der Waals surface area contributed by atoms with Crippen LogP contribution in [0.2, 0.25) is 0 Å². The summed E-state index contributed by atoms with van der Waals surface area (Å²) < 4.78 is 12.8. The van der Waals surface area contributed by atoms with Crippen LogP contribution in [0.1, 0.15) is 17.3 Å². The molecule has 0 spiro atoms. The minimum atomic E-state index is -0.926. The Morgan fingerprint density at radius 1 is 1.47 bits per heavy atom. The summed E-state index contributed by atoms with van der Waals surface area (Å²) in [5.74, 6) is -0.165. The van der Waals surface area contributed by atoms with Gasteiger partial charge in [0, 0.05) is 37.8 Å². The van der Waals surface area contributed by atoms with Crippen LogP contribution < -0.4 is 5.32 Å². The van der Waals surface area contributed by atoms with Crippen molar-refractivity contribution in [2.24, 2.45) is 0 Å². The van der Waals surface area contributed by atoms with Gasteiger partial charge in [0.25, 0.3) is 5.91 Å². The third kappa shape index (κ3) is 4.52. The Balaban J connectivity index is 2.67. The van der Waals surface area contributed by atoms with E-state index in [1.165, 1.54) is 0 Å². The molecule has 0 radical (unpaired) electrons. The van der Waals surface area contributed by atoms with Gasteiger partial charge in [-0.05, 0) is 41.1 Å². The van der Waals surface area contributed by atoms with Gasteiger partial charge in [-0.15, -0.1) is 0 Å². The van der Waals surface area contributed by atoms with E-state index in [1.807, 2.05) is 13.0 Å². The lowest BCUT2D eigenvalue weighted by Gasteiger charge is -2.11. The van der Waals surface area contributed by atoms with Gasteiger partial charge in [-0.3, -0.25) is 9.00 Å². The van der Waals surface area contributed by atoms with Crippen molar-refractivity contribution in [3.8, 4) is 0 Å². The standard InChI is InChI=1S/C11H13Br2NO2S/c1-7(17(2)16)6-14-11(15)9-4-3-8(12)5-10(9)13/h3-5,7H,6H2,1-2H3,(H,14,15). The maximum absolute atomic E-state index is 11.8. The van der Waals surface area contributed by atoms with Crippen molar-refractivity contribution in [1.29, 1.82) is 0 Å². The zero-order valence-electron chi connectivity index (χ0n) is 9.50. The fourth-order valence-electron chi connectivity index (χ4n) is 1.12. The van der Waals surface area contributed by atoms with Gasteiger partial charge in [-0.1, -0.05) is 15.9 Å². The first-order valence-electron chi connectivity index (χ1n) is 4.97. The second kappa shape index (κ2) is 6.66. The fourth-order valence-corrected chi connectivity index (χ4v) is 2.67. The molecule has 0 bridgehead atoms. The van der Waals surface area contributed by atoms with Crippen LogP contribution in [0, 0.1) is 0 Å². The maximum atomic E-state index is 11.8. The molecule has 0 saturated heterocycles. The zero-order valence-corrected chi connectivity index (χ0v) is 13.5. The molecule has 2 atom stereocenters. The highest BCUT2D eigenvalue weighted by molar-refractivity contribution is 9.11. The van der Waals surface area contributed by atoms with Gasteiger partial charge in [0.05, 0.1) is 5.56 Å². The number of hydrogen-bond acceptors (Lipinski definition) is 2. The molecule has 1 rings (SSSR count). The molecule has 3 nitrogen and oxygen atoms in total. The molecular formula is C11H13Br2NO2S. The van der Waals surface area contributed by atoms with Gasteiger partial charge in [0.15, 0.2) is 0 Å². The van der Waals surface area contributed by atoms with Crippen LogP contribution in [0.4, 0.5) is 0 Å². The fraction of sp³-hybridized carbons (Fsp3) is 0.364. The topological polar surface area (TPSA) is 46.2 Å². The SMILES string of the molecule is CC(CNC(=O)c1ccc(Br)cc1Br)S(C)=O. The number of halogens is 2. The smallest absolute Gasteiger partial charge is 0.252 e. The van der Waals surface area contributed by atoms with Gasteiger partial charge in [0.2, 0.25) is 0 Å². The lowest BCUT2D eigenvalue weighted by atomic mass is 10.2. The normalized spacial score (nSPS) is 14.1. The number of nitrogens with one attached hydrogen (secondary N) is 1. The summed E-state index contributed by atoms with van der Waals surface area (Å²) >= 11 is 6.66. The van der Waals surface area contributed by atoms with Gasteiger partial charge >= 0.3 is 0 Å². The first kappa shape index (κ1) is 14.9. The van der Waals surface area contributed by atoms with E-state index in [2.05, 4.69) is 37.2 Å². The van der Waals surface area contributed by atoms with Crippen LogP contribution in [0.25, 0.3) is 0 Å². The van der Waals surface area contributed by atoms with Crippen LogP contribution in [0.3, 0.4) is 0 Å². The van der Waals surface area contributed by atoms with E-state index in [4.69, 9.17) is 0 Å². The Morgan fingerprint density at radius 2 is 2.12 bits per heavy atom. The number of hydrogen-bond donors (Lipinski definition) is 1. The van der Waals surface area contributed by atoms with Gasteiger partial charge < -0.3 is 5.32 Å². The maximum Gasteiger partial charge on any atom is 0.252 e. The van der Waals surface area contributed by atoms with Gasteiger partial charge in [-0.2, -0.15) is 0 Å². The molecule has 0 aromatic heterocycles. The van der Waals surface area contributed by atoms with Crippen molar-refractivity contribution >= 4 is 48.6 Å². The van der Waals surface area contributed by atoms with Crippen LogP contribution in [0.5, 0.6) is 0 Å². The van der Waals surface area contributed by atoms with Crippen molar-refractivity contribution in [2.75, 3.05) is 12.8 Å². The second-order valence-electron chi connectivity index (χ2n) is 3.64. The van der Waals surface area contributed by atoms with Gasteiger partial charge in [0.1, 0.15) is 0 Å². The minimum absolute atomic E-state index is 0.0480. The molecular weight excluding hydrogens is 370 g/mol. The van der Waals surface area contributed by atoms with Crippen molar-refractivity contribution in [3.05, 3.63) is 32.7 Å². The first-order valence-corrected chi connectivity index (χ1v) is 8.18. The summed E-state index contributed by atoms with van der Waals surface area (Å²) in [6.45, 7) is 2.25. The molecule has 6 heteroatoms. The molecule has 1 N–H and O–H groups in total. The molecule has 0 fully saturated rings. The number of rotatable bonds is 4. The Kier molecular flexibility index (Phi) is 5.82. The summed E-state index contributed by atoms with van der Waals surface area (Å²) in [5.41, 5.74) is 0.572. The molecule has 0 heterocycles. The summed E-state index contributed by atoms with van der Waals surface area (Å²) in [6, 6.07) is 5.36. The van der Waals surface area contributed by atoms with Crippen LogP contribution in [-0.2, 0) is 10.8 Å². The molecule has 17 heavy (non-hydrogen) atoms. The summed E-state index contributed by atoms with van der Waals surface area (Å²) in [6.07, 6.45) is 1.63. The van der Waals surface area contributed by atoms with Crippen molar-refractivity contribution in [3.63, 3.8) is 0 Å². The molecule has 0 aliphatic carbocycles. The first-order chi connectivity index (χ1) is 7.91. The monoisotopic (exact) mass is 381 g/mol. The van der Waals surface area contributed by atoms with Crippen molar-refractivity contribution in [2.45, 2.75) is 12.2 Å². The lowest BCUT2D eigenvalue weighted by Crippen LogP contribution is -2.32. The Bertz CT molecular complexity index is 451. The van der Waals surface area contributed by atoms with E-state index >= 15 is 0 Å². The molecule has 0 aliphatic heterocycles. The van der Waals surface area contributed by atoms with E-state index in [0.717, 1.165) is 8.95 Å². The highest BCUT2D eigenvalue weighted by atomic mass is 79.9. The van der Waals surface area contributed by atoms with E-state index in [9.17, 15) is 9.00 Å². The molecule has 1 aromatic rings. The average molecular weight is 383 g/mol. The van der Waals surface area contributed by atoms with Crippen molar-refractivity contribution < 1.29 is 9.00 Å². The van der Waals surface area contributed by atoms with Crippen LogP contribution in [0.15, 0.2) is 27.1 Å². The summed E-state index contributed by atoms with van der Waals surface area (Å²) in [5, 5.41) is 2.72. The second-order valence-corrected chi connectivity index (χ2v) is 7.22. The van der Waals surface area contributed by atoms with Crippen LogP contribution in [-0.4, -0.2) is 28.2 Å². The molecule has 0 aliphatic rings. The Labute approximate surface area is 120 Å². The quantitative estimate of drug-likeness (QED) is 0.870. The number of benzene rings is 1. The zero-order chi connectivity index (χ0) is 13.0. The van der Waals surface area contributed by atoms with Gasteiger partial charge in [-0.25, -0.2) is 0 Å².